The third-order valence-electron chi connectivity index (χ3n) is 6.49. The molecule has 0 aliphatic carbocycles. The Kier molecular flexibility index (Phi) is 6.64. The molecule has 1 fully saturated rings. The monoisotopic (exact) mass is 493 g/mol. The Morgan fingerprint density at radius 3 is 2.38 bits per heavy atom. The first-order chi connectivity index (χ1) is 18.0. The highest BCUT2D eigenvalue weighted by atomic mass is 16.5. The third kappa shape index (κ3) is 4.42. The van der Waals surface area contributed by atoms with Crippen molar-refractivity contribution in [1.82, 2.24) is 0 Å². The highest BCUT2D eigenvalue weighted by Crippen LogP contribution is 2.44. The molecule has 1 atom stereocenters. The van der Waals surface area contributed by atoms with E-state index in [-0.39, 0.29) is 11.3 Å². The van der Waals surface area contributed by atoms with Crippen LogP contribution in [-0.4, -0.2) is 30.5 Å². The highest BCUT2D eigenvalue weighted by Gasteiger charge is 2.47. The van der Waals surface area contributed by atoms with Crippen molar-refractivity contribution in [3.05, 3.63) is 108 Å². The summed E-state index contributed by atoms with van der Waals surface area (Å²) in [6.45, 7) is 2.54. The summed E-state index contributed by atoms with van der Waals surface area (Å²) in [4.78, 5) is 28.5. The van der Waals surface area contributed by atoms with Crippen LogP contribution in [0.5, 0.6) is 11.5 Å². The van der Waals surface area contributed by atoms with E-state index in [9.17, 15) is 14.7 Å². The van der Waals surface area contributed by atoms with Gasteiger partial charge in [-0.25, -0.2) is 0 Å². The summed E-state index contributed by atoms with van der Waals surface area (Å²) in [7, 11) is 1.57. The van der Waals surface area contributed by atoms with Gasteiger partial charge >= 0.3 is 0 Å². The maximum absolute atomic E-state index is 13.5. The predicted octanol–water partition coefficient (Wildman–Crippen LogP) is 6.26. The van der Waals surface area contributed by atoms with Crippen LogP contribution in [0.25, 0.3) is 16.5 Å². The second-order valence-electron chi connectivity index (χ2n) is 8.81. The Hall–Kier alpha value is -4.58. The molecule has 0 bridgehead atoms. The van der Waals surface area contributed by atoms with Gasteiger partial charge in [0.25, 0.3) is 11.7 Å². The molecule has 4 aromatic carbocycles. The van der Waals surface area contributed by atoms with Crippen molar-refractivity contribution in [2.24, 2.45) is 0 Å². The second-order valence-corrected chi connectivity index (χ2v) is 8.81. The first kappa shape index (κ1) is 24.1. The van der Waals surface area contributed by atoms with E-state index in [1.54, 1.807) is 55.6 Å². The van der Waals surface area contributed by atoms with E-state index in [4.69, 9.17) is 9.47 Å². The molecule has 6 heteroatoms. The number of methoxy groups -OCH3 is 1. The van der Waals surface area contributed by atoms with Crippen LogP contribution in [0.1, 0.15) is 30.5 Å². The molecule has 1 unspecified atom stereocenters. The highest BCUT2D eigenvalue weighted by molar-refractivity contribution is 6.51. The Labute approximate surface area is 215 Å². The fourth-order valence-electron chi connectivity index (χ4n) is 4.73. The predicted molar refractivity (Wildman–Crippen MR) is 144 cm³/mol. The van der Waals surface area contributed by atoms with Gasteiger partial charge in [0.2, 0.25) is 0 Å². The normalized spacial score (nSPS) is 16.8. The van der Waals surface area contributed by atoms with Gasteiger partial charge in [-0.05, 0) is 59.2 Å². The minimum atomic E-state index is -0.834. The van der Waals surface area contributed by atoms with Crippen molar-refractivity contribution < 1.29 is 24.2 Å². The van der Waals surface area contributed by atoms with Crippen molar-refractivity contribution in [3.8, 4) is 11.5 Å². The van der Waals surface area contributed by atoms with Gasteiger partial charge in [0.15, 0.2) is 0 Å². The first-order valence-electron chi connectivity index (χ1n) is 12.2. The molecule has 1 aliphatic heterocycles. The molecule has 0 aromatic heterocycles. The van der Waals surface area contributed by atoms with E-state index < -0.39 is 17.7 Å². The summed E-state index contributed by atoms with van der Waals surface area (Å²) in [6.07, 6.45) is 0.838. The zero-order valence-electron chi connectivity index (χ0n) is 20.7. The summed E-state index contributed by atoms with van der Waals surface area (Å²) >= 11 is 0. The lowest BCUT2D eigenvalue weighted by Crippen LogP contribution is -2.29. The molecule has 186 valence electrons. The van der Waals surface area contributed by atoms with Crippen LogP contribution < -0.4 is 14.4 Å². The lowest BCUT2D eigenvalue weighted by atomic mass is 9.91. The van der Waals surface area contributed by atoms with Crippen molar-refractivity contribution >= 4 is 33.9 Å². The van der Waals surface area contributed by atoms with Crippen molar-refractivity contribution in [3.63, 3.8) is 0 Å². The molecule has 0 saturated carbocycles. The summed E-state index contributed by atoms with van der Waals surface area (Å²) < 4.78 is 11.0. The number of hydrogen-bond acceptors (Lipinski definition) is 5. The maximum atomic E-state index is 13.5. The van der Waals surface area contributed by atoms with Crippen molar-refractivity contribution in [1.29, 1.82) is 0 Å². The van der Waals surface area contributed by atoms with Gasteiger partial charge in [0.1, 0.15) is 17.3 Å². The van der Waals surface area contributed by atoms with Crippen molar-refractivity contribution in [2.45, 2.75) is 19.4 Å². The van der Waals surface area contributed by atoms with E-state index >= 15 is 0 Å². The molecule has 0 radical (unpaired) electrons. The van der Waals surface area contributed by atoms with Gasteiger partial charge in [-0.2, -0.15) is 0 Å². The van der Waals surface area contributed by atoms with Crippen LogP contribution in [0.3, 0.4) is 0 Å². The molecule has 0 spiro atoms. The molecular formula is C31H27NO5. The smallest absolute Gasteiger partial charge is 0.300 e. The van der Waals surface area contributed by atoms with Gasteiger partial charge in [-0.15, -0.1) is 0 Å². The Morgan fingerprint density at radius 2 is 1.62 bits per heavy atom. The molecule has 5 rings (SSSR count). The van der Waals surface area contributed by atoms with E-state index in [1.807, 2.05) is 49.4 Å². The first-order valence-corrected chi connectivity index (χ1v) is 12.2. The van der Waals surface area contributed by atoms with E-state index in [0.29, 0.717) is 29.4 Å². The molecule has 6 nitrogen and oxygen atoms in total. The quantitative estimate of drug-likeness (QED) is 0.187. The number of aliphatic hydroxyl groups is 1. The third-order valence-corrected chi connectivity index (χ3v) is 6.49. The molecule has 1 saturated heterocycles. The number of carbonyl (C=O) groups is 2. The minimum absolute atomic E-state index is 0.0322. The number of benzene rings is 4. The fraction of sp³-hybridized carbons (Fsp3) is 0.161. The fourth-order valence-corrected chi connectivity index (χ4v) is 4.73. The minimum Gasteiger partial charge on any atom is -0.507 e. The zero-order valence-corrected chi connectivity index (χ0v) is 20.7. The number of amides is 1. The lowest BCUT2D eigenvalue weighted by Gasteiger charge is -2.26. The number of aliphatic hydroxyl groups excluding tert-OH is 1. The number of ketones is 1. The topological polar surface area (TPSA) is 76.1 Å². The van der Waals surface area contributed by atoms with Crippen LogP contribution in [0.4, 0.5) is 5.69 Å². The van der Waals surface area contributed by atoms with Gasteiger partial charge in [0.05, 0.1) is 25.3 Å². The standard InChI is InChI=1S/C31H27NO5/c1-3-18-37-24-11-6-10-21(19-24)29(33)27-28(26-13-7-9-20-8-4-5-12-25(20)26)32(31(35)30(27)34)22-14-16-23(36-2)17-15-22/h4-17,19,28,33H,3,18H2,1-2H3/b29-27-. The summed E-state index contributed by atoms with van der Waals surface area (Å²) in [6, 6.07) is 26.6. The molecule has 1 aliphatic rings. The number of fused-ring (bicyclic) bond motifs is 1. The largest absolute Gasteiger partial charge is 0.507 e. The SMILES string of the molecule is CCCOc1cccc(/C(O)=C2/C(=O)C(=O)N(c3ccc(OC)cc3)C2c2cccc3ccccc23)c1. The lowest BCUT2D eigenvalue weighted by molar-refractivity contribution is -0.132. The number of rotatable bonds is 7. The molecule has 4 aromatic rings. The number of Topliss-reactive ketones (excluding diaryl/α,β-unsaturated/α-hetero) is 1. The van der Waals surface area contributed by atoms with Crippen LogP contribution in [0.15, 0.2) is 96.6 Å². The molecule has 1 heterocycles. The summed E-state index contributed by atoms with van der Waals surface area (Å²) in [5.41, 5.74) is 1.71. The van der Waals surface area contributed by atoms with Crippen LogP contribution >= 0.6 is 0 Å². The van der Waals surface area contributed by atoms with Crippen LogP contribution in [0, 0.1) is 0 Å². The number of anilines is 1. The Balaban J connectivity index is 1.73. The molecule has 1 N–H and O–H groups in total. The van der Waals surface area contributed by atoms with Crippen LogP contribution in [-0.2, 0) is 9.59 Å². The number of hydrogen-bond donors (Lipinski definition) is 1. The average molecular weight is 494 g/mol. The summed E-state index contributed by atoms with van der Waals surface area (Å²) in [5.74, 6) is -0.480. The summed E-state index contributed by atoms with van der Waals surface area (Å²) in [5, 5.41) is 13.4. The van der Waals surface area contributed by atoms with E-state index in [0.717, 1.165) is 22.8 Å². The van der Waals surface area contributed by atoms with Crippen molar-refractivity contribution in [2.75, 3.05) is 18.6 Å². The molecule has 37 heavy (non-hydrogen) atoms. The van der Waals surface area contributed by atoms with Crippen LogP contribution in [0.2, 0.25) is 0 Å². The Bertz CT molecular complexity index is 1500. The average Bonchev–Trinajstić information content (AvgIpc) is 3.21. The van der Waals surface area contributed by atoms with Gasteiger partial charge < -0.3 is 14.6 Å². The van der Waals surface area contributed by atoms with Gasteiger partial charge in [-0.1, -0.05) is 61.5 Å². The second kappa shape index (κ2) is 10.2. The number of carbonyl (C=O) groups excluding carboxylic acids is 2. The van der Waals surface area contributed by atoms with E-state index in [2.05, 4.69) is 0 Å². The Morgan fingerprint density at radius 1 is 0.892 bits per heavy atom. The number of ether oxygens (including phenoxy) is 2. The van der Waals surface area contributed by atoms with Gasteiger partial charge in [0, 0.05) is 11.3 Å². The molecular weight excluding hydrogens is 466 g/mol. The molecule has 1 amide bonds. The zero-order chi connectivity index (χ0) is 25.9. The maximum Gasteiger partial charge on any atom is 0.300 e. The number of nitrogens with zero attached hydrogens (tertiary/aromatic N) is 1. The van der Waals surface area contributed by atoms with E-state index in [1.165, 1.54) is 4.90 Å². The van der Waals surface area contributed by atoms with Gasteiger partial charge in [-0.3, -0.25) is 14.5 Å².